The van der Waals surface area contributed by atoms with Crippen molar-refractivity contribution in [1.82, 2.24) is 10.2 Å². The van der Waals surface area contributed by atoms with Crippen molar-refractivity contribution >= 4 is 21.8 Å². The number of nitrogens with zero attached hydrogens (tertiary/aromatic N) is 1. The molecule has 1 heterocycles. The Balaban J connectivity index is 2.18. The van der Waals surface area contributed by atoms with Gasteiger partial charge in [0.05, 0.1) is 12.7 Å². The molecule has 5 heteroatoms. The zero-order valence-electron chi connectivity index (χ0n) is 11.3. The third-order valence-electron chi connectivity index (χ3n) is 3.57. The minimum atomic E-state index is 0.0243. The lowest BCUT2D eigenvalue weighted by Crippen LogP contribution is -2.44. The van der Waals surface area contributed by atoms with Crippen molar-refractivity contribution in [3.8, 4) is 5.75 Å². The highest BCUT2D eigenvalue weighted by Gasteiger charge is 2.24. The van der Waals surface area contributed by atoms with Crippen LogP contribution in [0.3, 0.4) is 0 Å². The Bertz CT molecular complexity index is 459. The van der Waals surface area contributed by atoms with Gasteiger partial charge in [0.1, 0.15) is 5.75 Å². The van der Waals surface area contributed by atoms with Crippen molar-refractivity contribution in [2.45, 2.75) is 18.9 Å². The van der Waals surface area contributed by atoms with Gasteiger partial charge < -0.3 is 15.0 Å². The van der Waals surface area contributed by atoms with E-state index in [2.05, 4.69) is 21.2 Å². The number of amides is 1. The molecule has 19 heavy (non-hydrogen) atoms. The third-order valence-corrected chi connectivity index (χ3v) is 4.06. The summed E-state index contributed by atoms with van der Waals surface area (Å²) in [6, 6.07) is 5.81. The van der Waals surface area contributed by atoms with Crippen LogP contribution < -0.4 is 10.1 Å². The SMILES string of the molecule is COc1cc(Br)ccc1C(=O)N(C)C1CCNCC1. The fourth-order valence-electron chi connectivity index (χ4n) is 2.39. The molecule has 104 valence electrons. The Labute approximate surface area is 122 Å². The molecule has 0 radical (unpaired) electrons. The lowest BCUT2D eigenvalue weighted by molar-refractivity contribution is 0.0700. The summed E-state index contributed by atoms with van der Waals surface area (Å²) in [7, 11) is 3.46. The minimum absolute atomic E-state index is 0.0243. The Morgan fingerprint density at radius 2 is 2.11 bits per heavy atom. The zero-order valence-corrected chi connectivity index (χ0v) is 12.9. The number of carbonyl (C=O) groups is 1. The number of halogens is 1. The summed E-state index contributed by atoms with van der Waals surface area (Å²) in [5.74, 6) is 0.636. The van der Waals surface area contributed by atoms with Crippen molar-refractivity contribution in [3.63, 3.8) is 0 Å². The fraction of sp³-hybridized carbons (Fsp3) is 0.500. The highest BCUT2D eigenvalue weighted by Crippen LogP contribution is 2.25. The van der Waals surface area contributed by atoms with Crippen LogP contribution in [-0.2, 0) is 0 Å². The smallest absolute Gasteiger partial charge is 0.257 e. The quantitative estimate of drug-likeness (QED) is 0.926. The van der Waals surface area contributed by atoms with E-state index in [9.17, 15) is 4.79 Å². The minimum Gasteiger partial charge on any atom is -0.496 e. The molecule has 1 fully saturated rings. The standard InChI is InChI=1S/C14H19BrN2O2/c1-17(11-5-7-16-8-6-11)14(18)12-4-3-10(15)9-13(12)19-2/h3-4,9,11,16H,5-8H2,1-2H3. The van der Waals surface area contributed by atoms with E-state index in [-0.39, 0.29) is 5.91 Å². The molecule has 1 amide bonds. The first-order valence-corrected chi connectivity index (χ1v) is 7.24. The van der Waals surface area contributed by atoms with Crippen LogP contribution in [0, 0.1) is 0 Å². The predicted molar refractivity (Wildman–Crippen MR) is 78.7 cm³/mol. The topological polar surface area (TPSA) is 41.6 Å². The van der Waals surface area contributed by atoms with Crippen LogP contribution in [0.1, 0.15) is 23.2 Å². The first-order chi connectivity index (χ1) is 9.13. The first-order valence-electron chi connectivity index (χ1n) is 6.45. The van der Waals surface area contributed by atoms with E-state index in [0.29, 0.717) is 17.4 Å². The van der Waals surface area contributed by atoms with Crippen LogP contribution in [0.2, 0.25) is 0 Å². The second kappa shape index (κ2) is 6.39. The van der Waals surface area contributed by atoms with E-state index in [4.69, 9.17) is 4.74 Å². The molecule has 1 N–H and O–H groups in total. The van der Waals surface area contributed by atoms with Crippen LogP contribution in [0.25, 0.3) is 0 Å². The van der Waals surface area contributed by atoms with Gasteiger partial charge >= 0.3 is 0 Å². The van der Waals surface area contributed by atoms with E-state index in [1.54, 1.807) is 7.11 Å². The fourth-order valence-corrected chi connectivity index (χ4v) is 2.73. The second-order valence-electron chi connectivity index (χ2n) is 4.74. The van der Waals surface area contributed by atoms with Crippen LogP contribution in [0.15, 0.2) is 22.7 Å². The number of nitrogens with one attached hydrogen (secondary N) is 1. The average Bonchev–Trinajstić information content (AvgIpc) is 2.46. The number of methoxy groups -OCH3 is 1. The molecule has 0 aliphatic carbocycles. The van der Waals surface area contributed by atoms with Crippen molar-refractivity contribution in [1.29, 1.82) is 0 Å². The summed E-state index contributed by atoms with van der Waals surface area (Å²) >= 11 is 3.39. The molecule has 0 aromatic heterocycles. The Morgan fingerprint density at radius 3 is 2.74 bits per heavy atom. The average molecular weight is 327 g/mol. The summed E-state index contributed by atoms with van der Waals surface area (Å²) in [6.07, 6.45) is 2.00. The number of ether oxygens (including phenoxy) is 1. The molecule has 1 aliphatic rings. The lowest BCUT2D eigenvalue weighted by Gasteiger charge is -2.32. The highest BCUT2D eigenvalue weighted by molar-refractivity contribution is 9.10. The van der Waals surface area contributed by atoms with Gasteiger partial charge in [0.15, 0.2) is 0 Å². The molecular formula is C14H19BrN2O2. The summed E-state index contributed by atoms with van der Waals surface area (Å²) in [4.78, 5) is 14.4. The van der Waals surface area contributed by atoms with Gasteiger partial charge in [0.25, 0.3) is 5.91 Å². The molecule has 1 aromatic rings. The number of carbonyl (C=O) groups excluding carboxylic acids is 1. The summed E-state index contributed by atoms with van der Waals surface area (Å²) < 4.78 is 6.20. The lowest BCUT2D eigenvalue weighted by atomic mass is 10.0. The van der Waals surface area contributed by atoms with Crippen molar-refractivity contribution < 1.29 is 9.53 Å². The van der Waals surface area contributed by atoms with Crippen LogP contribution in [0.5, 0.6) is 5.75 Å². The number of piperidine rings is 1. The molecule has 1 aliphatic heterocycles. The van der Waals surface area contributed by atoms with Gasteiger partial charge in [-0.05, 0) is 44.1 Å². The van der Waals surface area contributed by atoms with Crippen LogP contribution >= 0.6 is 15.9 Å². The maximum absolute atomic E-state index is 12.5. The summed E-state index contributed by atoms with van der Waals surface area (Å²) in [5.41, 5.74) is 0.617. The normalized spacial score (nSPS) is 16.2. The summed E-state index contributed by atoms with van der Waals surface area (Å²) in [5, 5.41) is 3.31. The zero-order chi connectivity index (χ0) is 13.8. The number of rotatable bonds is 3. The van der Waals surface area contributed by atoms with E-state index < -0.39 is 0 Å². The molecule has 4 nitrogen and oxygen atoms in total. The van der Waals surface area contributed by atoms with Gasteiger partial charge in [-0.1, -0.05) is 15.9 Å². The Hall–Kier alpha value is -1.07. The van der Waals surface area contributed by atoms with E-state index in [1.165, 1.54) is 0 Å². The van der Waals surface area contributed by atoms with Gasteiger partial charge in [-0.2, -0.15) is 0 Å². The number of hydrogen-bond donors (Lipinski definition) is 1. The second-order valence-corrected chi connectivity index (χ2v) is 5.66. The molecule has 0 bridgehead atoms. The molecule has 0 saturated carbocycles. The van der Waals surface area contributed by atoms with Gasteiger partial charge in [-0.25, -0.2) is 0 Å². The van der Waals surface area contributed by atoms with Crippen molar-refractivity contribution in [2.24, 2.45) is 0 Å². The van der Waals surface area contributed by atoms with Crippen molar-refractivity contribution in [3.05, 3.63) is 28.2 Å². The maximum Gasteiger partial charge on any atom is 0.257 e. The van der Waals surface area contributed by atoms with Crippen LogP contribution in [-0.4, -0.2) is 44.1 Å². The third kappa shape index (κ3) is 3.28. The molecule has 0 atom stereocenters. The maximum atomic E-state index is 12.5. The first kappa shape index (κ1) is 14.3. The van der Waals surface area contributed by atoms with Crippen LogP contribution in [0.4, 0.5) is 0 Å². The Kier molecular flexibility index (Phi) is 4.82. The van der Waals surface area contributed by atoms with Gasteiger partial charge in [0, 0.05) is 17.6 Å². The Morgan fingerprint density at radius 1 is 1.42 bits per heavy atom. The summed E-state index contributed by atoms with van der Waals surface area (Å²) in [6.45, 7) is 1.94. The predicted octanol–water partition coefficient (Wildman–Crippen LogP) is 2.28. The monoisotopic (exact) mass is 326 g/mol. The number of benzene rings is 1. The van der Waals surface area contributed by atoms with E-state index in [1.807, 2.05) is 30.1 Å². The van der Waals surface area contributed by atoms with Crippen molar-refractivity contribution in [2.75, 3.05) is 27.2 Å². The van der Waals surface area contributed by atoms with Gasteiger partial charge in [-0.15, -0.1) is 0 Å². The highest BCUT2D eigenvalue weighted by atomic mass is 79.9. The van der Waals surface area contributed by atoms with E-state index in [0.717, 1.165) is 30.4 Å². The number of hydrogen-bond acceptors (Lipinski definition) is 3. The molecule has 0 unspecified atom stereocenters. The molecule has 0 spiro atoms. The van der Waals surface area contributed by atoms with E-state index >= 15 is 0 Å². The molecule has 1 aromatic carbocycles. The molecular weight excluding hydrogens is 308 g/mol. The molecule has 1 saturated heterocycles. The largest absolute Gasteiger partial charge is 0.496 e. The molecule has 2 rings (SSSR count). The van der Waals surface area contributed by atoms with Gasteiger partial charge in [-0.3, -0.25) is 4.79 Å². The van der Waals surface area contributed by atoms with Gasteiger partial charge in [0.2, 0.25) is 0 Å².